The van der Waals surface area contributed by atoms with Gasteiger partial charge in [-0.05, 0) is 56.2 Å². The monoisotopic (exact) mass is 441 g/mol. The lowest BCUT2D eigenvalue weighted by molar-refractivity contribution is 0.0976. The molecule has 2 aromatic carbocycles. The molecule has 1 aromatic heterocycles. The lowest BCUT2D eigenvalue weighted by Crippen LogP contribution is -2.36. The molecule has 0 aliphatic rings. The van der Waals surface area contributed by atoms with E-state index in [2.05, 4.69) is 20.7 Å². The molecule has 7 nitrogen and oxygen atoms in total. The highest BCUT2D eigenvalue weighted by molar-refractivity contribution is 6.10. The van der Waals surface area contributed by atoms with Gasteiger partial charge in [0.05, 0.1) is 12.8 Å². The van der Waals surface area contributed by atoms with Crippen molar-refractivity contribution in [3.63, 3.8) is 0 Å². The molecule has 0 spiro atoms. The van der Waals surface area contributed by atoms with Crippen LogP contribution in [0.2, 0.25) is 0 Å². The van der Waals surface area contributed by atoms with E-state index in [0.717, 1.165) is 29.1 Å². The second-order valence-electron chi connectivity index (χ2n) is 7.19. The Kier molecular flexibility index (Phi) is 7.19. The summed E-state index contributed by atoms with van der Waals surface area (Å²) in [7, 11) is 3.43. The molecule has 0 aliphatic carbocycles. The summed E-state index contributed by atoms with van der Waals surface area (Å²) >= 11 is 0. The van der Waals surface area contributed by atoms with E-state index in [-0.39, 0.29) is 11.5 Å². The van der Waals surface area contributed by atoms with Crippen molar-refractivity contribution in [2.75, 3.05) is 19.0 Å². The number of methoxy groups -OCH3 is 1. The van der Waals surface area contributed by atoms with Gasteiger partial charge in [-0.15, -0.1) is 0 Å². The first-order chi connectivity index (χ1) is 15.3. The van der Waals surface area contributed by atoms with E-state index in [1.807, 2.05) is 25.6 Å². The van der Waals surface area contributed by atoms with Gasteiger partial charge >= 0.3 is 0 Å². The zero-order chi connectivity index (χ0) is 23.3. The molecule has 32 heavy (non-hydrogen) atoms. The third kappa shape index (κ3) is 5.48. The third-order valence-electron chi connectivity index (χ3n) is 5.04. The van der Waals surface area contributed by atoms with Crippen LogP contribution in [-0.2, 0) is 13.5 Å². The molecule has 0 radical (unpaired) electrons. The molecule has 3 rings (SSSR count). The average molecular weight is 441 g/mol. The number of guanidine groups is 1. The lowest BCUT2D eigenvalue weighted by Gasteiger charge is -2.13. The first-order valence-electron chi connectivity index (χ1n) is 9.99. The normalized spacial score (nSPS) is 11.4. The van der Waals surface area contributed by atoms with Gasteiger partial charge in [0.25, 0.3) is 5.91 Å². The Bertz CT molecular complexity index is 1160. The highest BCUT2D eigenvalue weighted by Crippen LogP contribution is 2.17. The zero-order valence-corrected chi connectivity index (χ0v) is 18.4. The number of carbonyl (C=O) groups excluding carboxylic acids is 1. The Labute approximate surface area is 185 Å². The maximum absolute atomic E-state index is 13.6. The van der Waals surface area contributed by atoms with Gasteiger partial charge in [0.1, 0.15) is 5.75 Å². The fourth-order valence-corrected chi connectivity index (χ4v) is 3.22. The first kappa shape index (κ1) is 22.9. The summed E-state index contributed by atoms with van der Waals surface area (Å²) in [5, 5.41) is 10.1. The molecule has 0 saturated carbocycles. The van der Waals surface area contributed by atoms with Crippen molar-refractivity contribution in [1.82, 2.24) is 15.1 Å². The number of nitrogens with zero attached hydrogens (tertiary/aromatic N) is 3. The Hall–Kier alpha value is -3.75. The van der Waals surface area contributed by atoms with Crippen molar-refractivity contribution in [2.45, 2.75) is 20.3 Å². The molecule has 2 N–H and O–H groups in total. The standard InChI is InChI=1S/C23H25F2N5O2/c1-14-19(15(2)30(3)29-14)10-11-26-23(27-17-6-5-7-18(13-17)32-4)28-22(31)16-8-9-20(24)21(25)12-16/h5-9,12-13H,10-11H2,1-4H3,(H2,26,27,28,31). The van der Waals surface area contributed by atoms with E-state index < -0.39 is 17.5 Å². The van der Waals surface area contributed by atoms with Crippen molar-refractivity contribution in [2.24, 2.45) is 12.0 Å². The van der Waals surface area contributed by atoms with Gasteiger partial charge < -0.3 is 10.1 Å². The molecular weight excluding hydrogens is 416 g/mol. The van der Waals surface area contributed by atoms with Crippen molar-refractivity contribution in [3.05, 3.63) is 76.6 Å². The van der Waals surface area contributed by atoms with Crippen molar-refractivity contribution >= 4 is 17.6 Å². The van der Waals surface area contributed by atoms with Crippen LogP contribution in [0.3, 0.4) is 0 Å². The molecule has 0 saturated heterocycles. The highest BCUT2D eigenvalue weighted by atomic mass is 19.2. The molecule has 0 fully saturated rings. The second-order valence-corrected chi connectivity index (χ2v) is 7.19. The average Bonchev–Trinajstić information content (AvgIpc) is 3.01. The van der Waals surface area contributed by atoms with E-state index in [9.17, 15) is 13.6 Å². The van der Waals surface area contributed by atoms with E-state index in [0.29, 0.717) is 24.4 Å². The molecular formula is C23H25F2N5O2. The summed E-state index contributed by atoms with van der Waals surface area (Å²) in [6.45, 7) is 4.29. The van der Waals surface area contributed by atoms with Crippen molar-refractivity contribution < 1.29 is 18.3 Å². The summed E-state index contributed by atoms with van der Waals surface area (Å²) in [6, 6.07) is 10.1. The van der Waals surface area contributed by atoms with Crippen LogP contribution in [0.15, 0.2) is 47.5 Å². The van der Waals surface area contributed by atoms with Gasteiger partial charge in [-0.3, -0.25) is 19.8 Å². The zero-order valence-electron chi connectivity index (χ0n) is 18.4. The molecule has 1 heterocycles. The molecule has 1 amide bonds. The molecule has 9 heteroatoms. The number of hydrogen-bond acceptors (Lipinski definition) is 4. The largest absolute Gasteiger partial charge is 0.497 e. The van der Waals surface area contributed by atoms with Crippen molar-refractivity contribution in [3.8, 4) is 5.75 Å². The maximum Gasteiger partial charge on any atom is 0.258 e. The number of halogens is 2. The molecule has 0 atom stereocenters. The highest BCUT2D eigenvalue weighted by Gasteiger charge is 2.13. The minimum absolute atomic E-state index is 0.0250. The SMILES string of the molecule is COc1cccc(NC(=NCCc2c(C)nn(C)c2C)NC(=O)c2ccc(F)c(F)c2)c1. The van der Waals surface area contributed by atoms with E-state index in [4.69, 9.17) is 4.74 Å². The number of hydrogen-bond donors (Lipinski definition) is 2. The number of aromatic nitrogens is 2. The number of nitrogens with one attached hydrogen (secondary N) is 2. The van der Waals surface area contributed by atoms with Gasteiger partial charge in [0.15, 0.2) is 11.6 Å². The van der Waals surface area contributed by atoms with E-state index in [1.54, 1.807) is 31.4 Å². The topological polar surface area (TPSA) is 80.5 Å². The number of amides is 1. The minimum Gasteiger partial charge on any atom is -0.497 e. The number of rotatable bonds is 6. The summed E-state index contributed by atoms with van der Waals surface area (Å²) in [5.74, 6) is -1.94. The molecule has 0 unspecified atom stereocenters. The van der Waals surface area contributed by atoms with Crippen molar-refractivity contribution in [1.29, 1.82) is 0 Å². The number of carbonyl (C=O) groups is 1. The van der Waals surface area contributed by atoms with Crippen LogP contribution in [0.25, 0.3) is 0 Å². The second kappa shape index (κ2) is 10.0. The van der Waals surface area contributed by atoms with Gasteiger partial charge in [-0.1, -0.05) is 6.07 Å². The van der Waals surface area contributed by atoms with Gasteiger partial charge in [-0.2, -0.15) is 5.10 Å². The summed E-state index contributed by atoms with van der Waals surface area (Å²) in [5.41, 5.74) is 3.67. The van der Waals surface area contributed by atoms with Crippen LogP contribution in [0.4, 0.5) is 14.5 Å². The van der Waals surface area contributed by atoms with Gasteiger partial charge in [0.2, 0.25) is 5.96 Å². The van der Waals surface area contributed by atoms with E-state index in [1.165, 1.54) is 6.07 Å². The quantitative estimate of drug-likeness (QED) is 0.451. The van der Waals surface area contributed by atoms with Crippen LogP contribution in [0, 0.1) is 25.5 Å². The summed E-state index contributed by atoms with van der Waals surface area (Å²) in [4.78, 5) is 17.1. The smallest absolute Gasteiger partial charge is 0.258 e. The lowest BCUT2D eigenvalue weighted by atomic mass is 10.1. The number of benzene rings is 2. The number of ether oxygens (including phenoxy) is 1. The minimum atomic E-state index is -1.10. The molecule has 3 aromatic rings. The Morgan fingerprint density at radius 3 is 2.59 bits per heavy atom. The fraction of sp³-hybridized carbons (Fsp3) is 0.261. The number of anilines is 1. The van der Waals surface area contributed by atoms with E-state index >= 15 is 0 Å². The number of aryl methyl sites for hydroxylation is 2. The third-order valence-corrected chi connectivity index (χ3v) is 5.04. The Balaban J connectivity index is 1.81. The first-order valence-corrected chi connectivity index (χ1v) is 9.99. The Morgan fingerprint density at radius 2 is 1.94 bits per heavy atom. The maximum atomic E-state index is 13.6. The van der Waals surface area contributed by atoms with Crippen LogP contribution in [0.5, 0.6) is 5.75 Å². The molecule has 0 aliphatic heterocycles. The fourth-order valence-electron chi connectivity index (χ4n) is 3.22. The predicted molar refractivity (Wildman–Crippen MR) is 119 cm³/mol. The molecule has 168 valence electrons. The van der Waals surface area contributed by atoms with Gasteiger partial charge in [-0.25, -0.2) is 8.78 Å². The Morgan fingerprint density at radius 1 is 1.16 bits per heavy atom. The van der Waals surface area contributed by atoms with Gasteiger partial charge in [0, 0.05) is 36.6 Å². The van der Waals surface area contributed by atoms with Crippen LogP contribution >= 0.6 is 0 Å². The summed E-state index contributed by atoms with van der Waals surface area (Å²) in [6.07, 6.45) is 0.621. The predicted octanol–water partition coefficient (Wildman–Crippen LogP) is 3.76. The van der Waals surface area contributed by atoms with Crippen LogP contribution in [-0.4, -0.2) is 35.3 Å². The number of aliphatic imine (C=N–C) groups is 1. The molecule has 0 bridgehead atoms. The van der Waals surface area contributed by atoms with Crippen LogP contribution < -0.4 is 15.4 Å². The summed E-state index contributed by atoms with van der Waals surface area (Å²) < 4.78 is 33.8. The van der Waals surface area contributed by atoms with Crippen LogP contribution in [0.1, 0.15) is 27.3 Å².